The number of aliphatic hydroxyl groups excluding tert-OH is 2. The Morgan fingerprint density at radius 3 is 2.18 bits per heavy atom. The van der Waals surface area contributed by atoms with Crippen molar-refractivity contribution in [2.45, 2.75) is 31.5 Å². The van der Waals surface area contributed by atoms with E-state index in [2.05, 4.69) is 5.32 Å². The van der Waals surface area contributed by atoms with Gasteiger partial charge in [0.15, 0.2) is 0 Å². The van der Waals surface area contributed by atoms with Crippen molar-refractivity contribution in [3.8, 4) is 0 Å². The summed E-state index contributed by atoms with van der Waals surface area (Å²) in [4.78, 5) is 12.3. The second kappa shape index (κ2) is 9.10. The van der Waals surface area contributed by atoms with Crippen molar-refractivity contribution in [3.63, 3.8) is 0 Å². The number of nitrogens with zero attached hydrogens (tertiary/aromatic N) is 1. The number of amides is 1. The van der Waals surface area contributed by atoms with E-state index in [4.69, 9.17) is 0 Å². The van der Waals surface area contributed by atoms with E-state index >= 15 is 0 Å². The summed E-state index contributed by atoms with van der Waals surface area (Å²) in [7, 11) is 5.84. The standard InChI is InChI=1S/C16H26N2O3.ClH/c1-5-13(15(14(20)11-19)18(2,3)4)17-16(21)12-9-7-6-8-10-12;/h6-10,13-15,19-20H,5,11H2,1-4H3;1H. The molecule has 1 aromatic rings. The van der Waals surface area contributed by atoms with Gasteiger partial charge in [-0.25, -0.2) is 0 Å². The number of rotatable bonds is 7. The first-order valence-electron chi connectivity index (χ1n) is 7.27. The van der Waals surface area contributed by atoms with Gasteiger partial charge in [0.25, 0.3) is 5.91 Å². The second-order valence-corrected chi connectivity index (χ2v) is 6.21. The van der Waals surface area contributed by atoms with Gasteiger partial charge in [-0.3, -0.25) is 4.79 Å². The van der Waals surface area contributed by atoms with Gasteiger partial charge in [0.1, 0.15) is 12.1 Å². The fourth-order valence-electron chi connectivity index (χ4n) is 2.70. The van der Waals surface area contributed by atoms with Gasteiger partial charge in [-0.2, -0.15) is 0 Å². The van der Waals surface area contributed by atoms with Crippen molar-refractivity contribution in [2.24, 2.45) is 0 Å². The molecule has 3 atom stereocenters. The number of aliphatic hydroxyl groups is 2. The molecule has 0 aromatic heterocycles. The van der Waals surface area contributed by atoms with E-state index in [0.29, 0.717) is 16.5 Å². The number of nitrogens with one attached hydrogen (secondary N) is 1. The molecule has 5 nitrogen and oxygen atoms in total. The number of halogens is 1. The fourth-order valence-corrected chi connectivity index (χ4v) is 2.70. The van der Waals surface area contributed by atoms with Gasteiger partial charge >= 0.3 is 0 Å². The van der Waals surface area contributed by atoms with Crippen LogP contribution in [0, 0.1) is 0 Å². The Labute approximate surface area is 139 Å². The molecule has 0 fully saturated rings. The van der Waals surface area contributed by atoms with Crippen LogP contribution in [0.1, 0.15) is 23.7 Å². The van der Waals surface area contributed by atoms with Crippen LogP contribution < -0.4 is 17.7 Å². The average Bonchev–Trinajstić information content (AvgIpc) is 2.45. The molecule has 0 spiro atoms. The minimum absolute atomic E-state index is 0. The predicted octanol–water partition coefficient (Wildman–Crippen LogP) is -2.37. The highest BCUT2D eigenvalue weighted by Crippen LogP contribution is 2.16. The molecule has 0 heterocycles. The first-order valence-corrected chi connectivity index (χ1v) is 7.27. The average molecular weight is 331 g/mol. The van der Waals surface area contributed by atoms with Crippen LogP contribution >= 0.6 is 0 Å². The number of benzene rings is 1. The summed E-state index contributed by atoms with van der Waals surface area (Å²) in [6.45, 7) is 1.64. The smallest absolute Gasteiger partial charge is 0.251 e. The molecule has 3 N–H and O–H groups in total. The van der Waals surface area contributed by atoms with Crippen molar-refractivity contribution in [3.05, 3.63) is 35.9 Å². The van der Waals surface area contributed by atoms with Gasteiger partial charge in [0, 0.05) is 5.56 Å². The van der Waals surface area contributed by atoms with Crippen LogP contribution in [0.2, 0.25) is 0 Å². The van der Waals surface area contributed by atoms with Crippen molar-refractivity contribution >= 4 is 5.91 Å². The summed E-state index contributed by atoms with van der Waals surface area (Å²) in [6, 6.07) is 8.49. The predicted molar refractivity (Wildman–Crippen MR) is 82.9 cm³/mol. The highest BCUT2D eigenvalue weighted by molar-refractivity contribution is 5.94. The lowest BCUT2D eigenvalue weighted by Crippen LogP contribution is -3.00. The molecule has 0 aliphatic heterocycles. The molecule has 22 heavy (non-hydrogen) atoms. The molecule has 1 amide bonds. The Morgan fingerprint density at radius 1 is 1.23 bits per heavy atom. The number of hydrogen-bond donors (Lipinski definition) is 3. The zero-order valence-corrected chi connectivity index (χ0v) is 14.4. The number of quaternary nitrogens is 1. The molecular weight excluding hydrogens is 304 g/mol. The molecule has 1 rings (SSSR count). The van der Waals surface area contributed by atoms with E-state index in [9.17, 15) is 15.0 Å². The maximum absolute atomic E-state index is 12.3. The monoisotopic (exact) mass is 330 g/mol. The molecule has 6 heteroatoms. The third-order valence-electron chi connectivity index (χ3n) is 3.68. The zero-order chi connectivity index (χ0) is 16.0. The van der Waals surface area contributed by atoms with Crippen LogP contribution in [0.3, 0.4) is 0 Å². The largest absolute Gasteiger partial charge is 1.00 e. The Hall–Kier alpha value is -1.14. The molecule has 0 bridgehead atoms. The summed E-state index contributed by atoms with van der Waals surface area (Å²) in [5.41, 5.74) is 0.592. The Bertz CT molecular complexity index is 448. The summed E-state index contributed by atoms with van der Waals surface area (Å²) in [5, 5.41) is 22.4. The third-order valence-corrected chi connectivity index (χ3v) is 3.68. The van der Waals surface area contributed by atoms with E-state index in [1.807, 2.05) is 46.3 Å². The summed E-state index contributed by atoms with van der Waals surface area (Å²) >= 11 is 0. The van der Waals surface area contributed by atoms with E-state index in [1.165, 1.54) is 0 Å². The van der Waals surface area contributed by atoms with Crippen LogP contribution in [-0.2, 0) is 0 Å². The van der Waals surface area contributed by atoms with Gasteiger partial charge in [-0.1, -0.05) is 25.1 Å². The third kappa shape index (κ3) is 5.57. The van der Waals surface area contributed by atoms with Crippen molar-refractivity contribution in [2.75, 3.05) is 27.7 Å². The Morgan fingerprint density at radius 2 is 1.77 bits per heavy atom. The molecule has 0 aliphatic rings. The number of carbonyl (C=O) groups is 1. The van der Waals surface area contributed by atoms with E-state index in [0.717, 1.165) is 0 Å². The lowest BCUT2D eigenvalue weighted by molar-refractivity contribution is -0.901. The zero-order valence-electron chi connectivity index (χ0n) is 13.7. The van der Waals surface area contributed by atoms with E-state index in [1.54, 1.807) is 12.1 Å². The first kappa shape index (κ1) is 20.9. The Kier molecular flexibility index (Phi) is 8.63. The van der Waals surface area contributed by atoms with E-state index in [-0.39, 0.29) is 37.0 Å². The van der Waals surface area contributed by atoms with Crippen LogP contribution in [0.25, 0.3) is 0 Å². The molecule has 0 aliphatic carbocycles. The molecular formula is C16H27ClN2O3. The quantitative estimate of drug-likeness (QED) is 0.489. The lowest BCUT2D eigenvalue weighted by Gasteiger charge is -2.41. The fraction of sp³-hybridized carbons (Fsp3) is 0.562. The van der Waals surface area contributed by atoms with Gasteiger partial charge in [-0.05, 0) is 18.6 Å². The van der Waals surface area contributed by atoms with Gasteiger partial charge in [0.2, 0.25) is 0 Å². The molecule has 3 unspecified atom stereocenters. The normalized spacial score (nSPS) is 15.4. The lowest BCUT2D eigenvalue weighted by atomic mass is 9.97. The number of carbonyl (C=O) groups excluding carboxylic acids is 1. The molecule has 1 aromatic carbocycles. The van der Waals surface area contributed by atoms with Crippen molar-refractivity contribution in [1.29, 1.82) is 0 Å². The van der Waals surface area contributed by atoms with Crippen LogP contribution in [-0.4, -0.2) is 66.5 Å². The summed E-state index contributed by atoms with van der Waals surface area (Å²) in [6.07, 6.45) is -0.207. The summed E-state index contributed by atoms with van der Waals surface area (Å²) < 4.78 is 0.454. The highest BCUT2D eigenvalue weighted by atomic mass is 35.5. The number of likely N-dealkylation sites (N-methyl/N-ethyl adjacent to an activating group) is 1. The van der Waals surface area contributed by atoms with Crippen LogP contribution in [0.5, 0.6) is 0 Å². The molecule has 0 saturated carbocycles. The van der Waals surface area contributed by atoms with Gasteiger partial charge in [-0.15, -0.1) is 0 Å². The van der Waals surface area contributed by atoms with Crippen molar-refractivity contribution in [1.82, 2.24) is 5.32 Å². The van der Waals surface area contributed by atoms with Crippen LogP contribution in [0.15, 0.2) is 30.3 Å². The van der Waals surface area contributed by atoms with Gasteiger partial charge in [0.05, 0.1) is 33.8 Å². The molecule has 126 valence electrons. The van der Waals surface area contributed by atoms with Crippen LogP contribution in [0.4, 0.5) is 0 Å². The van der Waals surface area contributed by atoms with Gasteiger partial charge < -0.3 is 32.4 Å². The van der Waals surface area contributed by atoms with E-state index < -0.39 is 6.10 Å². The highest BCUT2D eigenvalue weighted by Gasteiger charge is 2.38. The molecule has 0 radical (unpaired) electrons. The molecule has 0 saturated heterocycles. The summed E-state index contributed by atoms with van der Waals surface area (Å²) in [5.74, 6) is -0.161. The first-order chi connectivity index (χ1) is 9.81. The maximum Gasteiger partial charge on any atom is 0.251 e. The minimum atomic E-state index is -0.883. The maximum atomic E-state index is 12.3. The number of hydrogen-bond acceptors (Lipinski definition) is 3. The van der Waals surface area contributed by atoms with Crippen molar-refractivity contribution < 1.29 is 31.9 Å². The SMILES string of the molecule is CCC(NC(=O)c1ccccc1)C(C(O)CO)[N+](C)(C)C.[Cl-]. The Balaban J connectivity index is 0.00000441. The minimum Gasteiger partial charge on any atom is -1.00 e. The topological polar surface area (TPSA) is 69.6 Å². The second-order valence-electron chi connectivity index (χ2n) is 6.21.